The monoisotopic (exact) mass is 722 g/mol. The Bertz CT molecular complexity index is 2230. The highest BCUT2D eigenvalue weighted by atomic mass is 16.6. The minimum atomic E-state index is -0.507. The molecule has 0 saturated heterocycles. The fraction of sp³-hybridized carbons (Fsp3) is 0.100. The Labute approximate surface area is 307 Å². The number of fused-ring (bicyclic) bond motifs is 8. The van der Waals surface area contributed by atoms with Gasteiger partial charge in [0.15, 0.2) is 0 Å². The first-order chi connectivity index (χ1) is 26.0. The quantitative estimate of drug-likeness (QED) is 0.0734. The molecule has 0 unspecified atom stereocenters. The molecule has 0 saturated carbocycles. The highest BCUT2D eigenvalue weighted by Gasteiger charge is 2.20. The number of nitrogens with zero attached hydrogens (tertiary/aromatic N) is 6. The maximum absolute atomic E-state index is 11.6. The molecule has 8 bridgehead atoms. The highest BCUT2D eigenvalue weighted by Crippen LogP contribution is 2.40. The first-order valence-corrected chi connectivity index (χ1v) is 16.6. The minimum absolute atomic E-state index is 0.0369. The molecule has 0 aliphatic heterocycles. The van der Waals surface area contributed by atoms with Crippen molar-refractivity contribution in [3.8, 4) is 23.0 Å². The first kappa shape index (κ1) is 34.9. The standard InChI is InChI=1S/C40H30N6O8/c47-37-23-3-1-4-24(37)16-28-20-34(44-42-32-9-13-36(14-10-32)46(53)54)22-30(40(28)50)18-26-6-2-5-25(38(26)48)17-29-21-33(19-27(15-23)39(29)49)43-41-31-7-11-35(12-8-31)45(51)52/h1-14,19-22,47-50H,15-18H2. The molecule has 0 radical (unpaired) electrons. The van der Waals surface area contributed by atoms with Crippen LogP contribution < -0.4 is 0 Å². The fourth-order valence-electron chi connectivity index (χ4n) is 6.33. The van der Waals surface area contributed by atoms with Gasteiger partial charge < -0.3 is 20.4 Å². The van der Waals surface area contributed by atoms with Gasteiger partial charge in [-0.05, 0) is 70.8 Å². The Balaban J connectivity index is 1.31. The van der Waals surface area contributed by atoms with E-state index in [1.165, 1.54) is 48.5 Å². The van der Waals surface area contributed by atoms with E-state index in [0.29, 0.717) is 67.3 Å². The SMILES string of the molecule is O=[N+]([O-])c1ccc(N=Nc2cc3c(O)c(c2)Cc2cccc(c2O)Cc2cc(N=Nc4ccc([N+](=O)[O-])cc4)cc(c2O)Cc2cccc(c2O)C3)cc1. The van der Waals surface area contributed by atoms with Crippen LogP contribution in [-0.4, -0.2) is 30.3 Å². The van der Waals surface area contributed by atoms with Crippen LogP contribution in [0.4, 0.5) is 34.1 Å². The fourth-order valence-corrected chi connectivity index (χ4v) is 6.33. The molecule has 1 aliphatic carbocycles. The summed E-state index contributed by atoms with van der Waals surface area (Å²) in [4.78, 5) is 21.1. The van der Waals surface area contributed by atoms with Crippen LogP contribution in [0.1, 0.15) is 44.5 Å². The number of rotatable bonds is 6. The molecule has 268 valence electrons. The summed E-state index contributed by atoms with van der Waals surface area (Å²) in [7, 11) is 0. The van der Waals surface area contributed by atoms with Gasteiger partial charge in [0.05, 0.1) is 32.6 Å². The average molecular weight is 723 g/mol. The second-order valence-corrected chi connectivity index (χ2v) is 12.7. The summed E-state index contributed by atoms with van der Waals surface area (Å²) < 4.78 is 0. The average Bonchev–Trinajstić information content (AvgIpc) is 3.16. The summed E-state index contributed by atoms with van der Waals surface area (Å²) in [6.45, 7) is 0. The molecule has 4 N–H and O–H groups in total. The van der Waals surface area contributed by atoms with Gasteiger partial charge in [0.1, 0.15) is 23.0 Å². The van der Waals surface area contributed by atoms with Gasteiger partial charge in [-0.2, -0.15) is 20.5 Å². The van der Waals surface area contributed by atoms with Crippen molar-refractivity contribution < 1.29 is 30.3 Å². The van der Waals surface area contributed by atoms with E-state index in [1.807, 2.05) is 0 Å². The smallest absolute Gasteiger partial charge is 0.269 e. The molecule has 0 amide bonds. The van der Waals surface area contributed by atoms with Crippen molar-refractivity contribution >= 4 is 34.1 Å². The molecule has 54 heavy (non-hydrogen) atoms. The van der Waals surface area contributed by atoms with Crippen LogP contribution in [0.15, 0.2) is 130 Å². The van der Waals surface area contributed by atoms with Gasteiger partial charge in [0.2, 0.25) is 0 Å². The summed E-state index contributed by atoms with van der Waals surface area (Å²) in [6.07, 6.45) is 0.358. The number of nitro benzene ring substituents is 2. The van der Waals surface area contributed by atoms with Gasteiger partial charge in [-0.15, -0.1) is 0 Å². The second-order valence-electron chi connectivity index (χ2n) is 12.7. The van der Waals surface area contributed by atoms with Crippen LogP contribution in [0.2, 0.25) is 0 Å². The van der Waals surface area contributed by atoms with Crippen LogP contribution in [0.3, 0.4) is 0 Å². The molecule has 14 nitrogen and oxygen atoms in total. The number of phenolic OH excluding ortho intramolecular Hbond substituents is 4. The third kappa shape index (κ3) is 7.43. The largest absolute Gasteiger partial charge is 0.507 e. The highest BCUT2D eigenvalue weighted by molar-refractivity contribution is 5.60. The van der Waals surface area contributed by atoms with Crippen molar-refractivity contribution in [2.75, 3.05) is 0 Å². The molecule has 0 fully saturated rings. The van der Waals surface area contributed by atoms with E-state index >= 15 is 0 Å². The van der Waals surface area contributed by atoms with Gasteiger partial charge in [-0.3, -0.25) is 20.2 Å². The van der Waals surface area contributed by atoms with E-state index in [1.54, 1.807) is 60.7 Å². The van der Waals surface area contributed by atoms with Crippen LogP contribution in [0.25, 0.3) is 0 Å². The lowest BCUT2D eigenvalue weighted by molar-refractivity contribution is -0.385. The summed E-state index contributed by atoms with van der Waals surface area (Å²) in [5, 5.41) is 85.5. The Morgan fingerprint density at radius 2 is 0.648 bits per heavy atom. The van der Waals surface area contributed by atoms with E-state index in [-0.39, 0.29) is 60.1 Å². The number of nitro groups is 2. The molecule has 0 heterocycles. The zero-order valence-electron chi connectivity index (χ0n) is 28.3. The summed E-state index contributed by atoms with van der Waals surface area (Å²) >= 11 is 0. The number of para-hydroxylation sites is 2. The number of phenols is 4. The van der Waals surface area contributed by atoms with Crippen LogP contribution in [0, 0.1) is 20.2 Å². The number of benzene rings is 6. The number of azo groups is 2. The lowest BCUT2D eigenvalue weighted by Gasteiger charge is -2.17. The predicted octanol–water partition coefficient (Wildman–Crippen LogP) is 9.83. The zero-order chi connectivity index (χ0) is 37.9. The van der Waals surface area contributed by atoms with E-state index in [0.717, 1.165) is 0 Å². The molecule has 1 aliphatic rings. The van der Waals surface area contributed by atoms with Crippen molar-refractivity contribution in [2.45, 2.75) is 25.7 Å². The predicted molar refractivity (Wildman–Crippen MR) is 198 cm³/mol. The van der Waals surface area contributed by atoms with E-state index in [9.17, 15) is 40.7 Å². The molecule has 7 rings (SSSR count). The van der Waals surface area contributed by atoms with E-state index in [4.69, 9.17) is 0 Å². The molecule has 6 aromatic rings. The van der Waals surface area contributed by atoms with Crippen molar-refractivity contribution in [1.82, 2.24) is 0 Å². The van der Waals surface area contributed by atoms with Crippen molar-refractivity contribution in [3.05, 3.63) is 174 Å². The number of non-ortho nitro benzene ring substituents is 2. The Morgan fingerprint density at radius 3 is 0.926 bits per heavy atom. The normalized spacial score (nSPS) is 12.6. The van der Waals surface area contributed by atoms with Crippen molar-refractivity contribution in [2.24, 2.45) is 20.5 Å². The first-order valence-electron chi connectivity index (χ1n) is 16.6. The van der Waals surface area contributed by atoms with Gasteiger partial charge >= 0.3 is 0 Å². The molecule has 0 spiro atoms. The van der Waals surface area contributed by atoms with Crippen molar-refractivity contribution in [1.29, 1.82) is 0 Å². The lowest BCUT2D eigenvalue weighted by atomic mass is 9.91. The summed E-state index contributed by atoms with van der Waals surface area (Å²) in [6, 6.07) is 28.2. The number of hydrogen-bond acceptors (Lipinski definition) is 12. The molecular weight excluding hydrogens is 692 g/mol. The zero-order valence-corrected chi connectivity index (χ0v) is 28.3. The Morgan fingerprint density at radius 1 is 0.389 bits per heavy atom. The molecule has 14 heteroatoms. The molecular formula is C40H30N6O8. The third-order valence-corrected chi connectivity index (χ3v) is 9.12. The van der Waals surface area contributed by atoms with Gasteiger partial charge in [-0.25, -0.2) is 0 Å². The van der Waals surface area contributed by atoms with Gasteiger partial charge in [-0.1, -0.05) is 36.4 Å². The summed E-state index contributed by atoms with van der Waals surface area (Å²) in [5.74, 6) is -0.163. The molecule has 0 atom stereocenters. The van der Waals surface area contributed by atoms with E-state index < -0.39 is 9.85 Å². The number of aromatic hydroxyl groups is 4. The van der Waals surface area contributed by atoms with Gasteiger partial charge in [0.25, 0.3) is 11.4 Å². The maximum atomic E-state index is 11.6. The minimum Gasteiger partial charge on any atom is -0.507 e. The van der Waals surface area contributed by atoms with Gasteiger partial charge in [0, 0.05) is 72.2 Å². The van der Waals surface area contributed by atoms with E-state index in [2.05, 4.69) is 20.5 Å². The molecule has 6 aromatic carbocycles. The molecule has 0 aromatic heterocycles. The topological polar surface area (TPSA) is 217 Å². The Hall–Kier alpha value is -7.48. The van der Waals surface area contributed by atoms with Crippen LogP contribution in [0.5, 0.6) is 23.0 Å². The number of hydrogen-bond donors (Lipinski definition) is 4. The summed E-state index contributed by atoms with van der Waals surface area (Å²) in [5.41, 5.74) is 5.02. The third-order valence-electron chi connectivity index (χ3n) is 9.12. The lowest BCUT2D eigenvalue weighted by Crippen LogP contribution is -2.00. The van der Waals surface area contributed by atoms with Crippen LogP contribution >= 0.6 is 0 Å². The van der Waals surface area contributed by atoms with Crippen molar-refractivity contribution in [3.63, 3.8) is 0 Å². The Kier molecular flexibility index (Phi) is 9.47. The second kappa shape index (κ2) is 14.6. The van der Waals surface area contributed by atoms with Crippen LogP contribution in [-0.2, 0) is 25.7 Å². The maximum Gasteiger partial charge on any atom is 0.269 e.